The first-order valence-corrected chi connectivity index (χ1v) is 8.33. The quantitative estimate of drug-likeness (QED) is 0.689. The first-order valence-electron chi connectivity index (χ1n) is 6.69. The Kier molecular flexibility index (Phi) is 4.95. The van der Waals surface area contributed by atoms with Crippen LogP contribution < -0.4 is 5.32 Å². The minimum Gasteiger partial charge on any atom is -0.296 e. The van der Waals surface area contributed by atoms with Crippen LogP contribution in [0.4, 0.5) is 18.3 Å². The Morgan fingerprint density at radius 2 is 1.88 bits per heavy atom. The minimum atomic E-state index is -4.54. The van der Waals surface area contributed by atoms with Gasteiger partial charge in [0.2, 0.25) is 5.13 Å². The number of alkyl halides is 3. The van der Waals surface area contributed by atoms with Gasteiger partial charge < -0.3 is 0 Å². The van der Waals surface area contributed by atoms with Gasteiger partial charge in [-0.1, -0.05) is 17.4 Å². The summed E-state index contributed by atoms with van der Waals surface area (Å²) in [7, 11) is 0. The van der Waals surface area contributed by atoms with Crippen LogP contribution in [0.5, 0.6) is 0 Å². The molecule has 0 atom stereocenters. The molecule has 0 saturated carbocycles. The maximum absolute atomic E-state index is 12.6. The largest absolute Gasteiger partial charge is 0.447 e. The van der Waals surface area contributed by atoms with E-state index in [0.29, 0.717) is 10.7 Å². The lowest BCUT2D eigenvalue weighted by Gasteiger charge is -2.08. The number of pyridine rings is 2. The van der Waals surface area contributed by atoms with Crippen LogP contribution in [-0.4, -0.2) is 31.6 Å². The monoisotopic (exact) mass is 383 g/mol. The van der Waals surface area contributed by atoms with Gasteiger partial charge in [-0.3, -0.25) is 15.1 Å². The van der Waals surface area contributed by atoms with E-state index in [9.17, 15) is 18.0 Å². The SMILES string of the molecule is O=C(Nc1nnc(-c2ccccn2)s1)c1cccnc1SC(F)(F)F. The number of thioether (sulfide) groups is 1. The fourth-order valence-corrected chi connectivity index (χ4v) is 3.10. The lowest BCUT2D eigenvalue weighted by atomic mass is 10.3. The number of nitrogens with zero attached hydrogens (tertiary/aromatic N) is 4. The molecule has 0 unspecified atom stereocenters. The van der Waals surface area contributed by atoms with Gasteiger partial charge in [-0.05, 0) is 24.3 Å². The van der Waals surface area contributed by atoms with Crippen molar-refractivity contribution in [2.24, 2.45) is 0 Å². The first kappa shape index (κ1) is 17.3. The minimum absolute atomic E-state index is 0.150. The van der Waals surface area contributed by atoms with Gasteiger partial charge in [-0.2, -0.15) is 13.2 Å². The van der Waals surface area contributed by atoms with E-state index < -0.39 is 28.2 Å². The van der Waals surface area contributed by atoms with Crippen molar-refractivity contribution in [3.05, 3.63) is 48.3 Å². The van der Waals surface area contributed by atoms with Gasteiger partial charge in [0.1, 0.15) is 10.7 Å². The van der Waals surface area contributed by atoms with E-state index in [1.165, 1.54) is 18.3 Å². The summed E-state index contributed by atoms with van der Waals surface area (Å²) < 4.78 is 37.7. The van der Waals surface area contributed by atoms with Crippen LogP contribution >= 0.6 is 23.1 Å². The second-order valence-corrected chi connectivity index (χ2v) is 6.52. The number of amides is 1. The summed E-state index contributed by atoms with van der Waals surface area (Å²) in [4.78, 5) is 20.0. The Morgan fingerprint density at radius 1 is 1.08 bits per heavy atom. The van der Waals surface area contributed by atoms with Crippen LogP contribution in [0, 0.1) is 0 Å². The molecule has 0 aliphatic rings. The van der Waals surface area contributed by atoms with E-state index in [1.54, 1.807) is 24.4 Å². The Morgan fingerprint density at radius 3 is 2.60 bits per heavy atom. The molecular weight excluding hydrogens is 375 g/mol. The number of aromatic nitrogens is 4. The van der Waals surface area contributed by atoms with Gasteiger partial charge in [0.05, 0.1) is 5.56 Å². The Bertz CT molecular complexity index is 885. The zero-order valence-corrected chi connectivity index (χ0v) is 13.8. The van der Waals surface area contributed by atoms with Crippen molar-refractivity contribution in [3.8, 4) is 10.7 Å². The topological polar surface area (TPSA) is 80.7 Å². The fourth-order valence-electron chi connectivity index (χ4n) is 1.79. The van der Waals surface area contributed by atoms with Gasteiger partial charge in [-0.15, -0.1) is 10.2 Å². The molecule has 0 aliphatic heterocycles. The summed E-state index contributed by atoms with van der Waals surface area (Å²) in [6, 6.07) is 7.89. The average Bonchev–Trinajstić information content (AvgIpc) is 3.03. The second kappa shape index (κ2) is 7.15. The van der Waals surface area contributed by atoms with Gasteiger partial charge in [0.25, 0.3) is 5.91 Å². The van der Waals surface area contributed by atoms with Gasteiger partial charge >= 0.3 is 5.51 Å². The van der Waals surface area contributed by atoms with Crippen LogP contribution in [-0.2, 0) is 0 Å². The molecule has 3 aromatic heterocycles. The third kappa shape index (κ3) is 4.51. The molecular formula is C14H8F3N5OS2. The van der Waals surface area contributed by atoms with Crippen molar-refractivity contribution < 1.29 is 18.0 Å². The summed E-state index contributed by atoms with van der Waals surface area (Å²) in [5.41, 5.74) is -4.16. The smallest absolute Gasteiger partial charge is 0.296 e. The van der Waals surface area contributed by atoms with Crippen molar-refractivity contribution in [2.75, 3.05) is 5.32 Å². The lowest BCUT2D eigenvalue weighted by molar-refractivity contribution is -0.0329. The predicted octanol–water partition coefficient (Wildman–Crippen LogP) is 3.86. The number of halogens is 3. The molecule has 25 heavy (non-hydrogen) atoms. The van der Waals surface area contributed by atoms with Crippen LogP contribution in [0.25, 0.3) is 10.7 Å². The molecule has 0 saturated heterocycles. The fraction of sp³-hybridized carbons (Fsp3) is 0.0714. The first-order chi connectivity index (χ1) is 11.9. The molecule has 3 heterocycles. The van der Waals surface area contributed by atoms with Crippen LogP contribution in [0.3, 0.4) is 0 Å². The van der Waals surface area contributed by atoms with E-state index in [-0.39, 0.29) is 10.7 Å². The molecule has 0 spiro atoms. The molecule has 6 nitrogen and oxygen atoms in total. The summed E-state index contributed by atoms with van der Waals surface area (Å²) in [5.74, 6) is -0.747. The summed E-state index contributed by atoms with van der Waals surface area (Å²) in [6.45, 7) is 0. The number of carbonyl (C=O) groups excluding carboxylic acids is 1. The highest BCUT2D eigenvalue weighted by molar-refractivity contribution is 8.00. The predicted molar refractivity (Wildman–Crippen MR) is 87.2 cm³/mol. The molecule has 0 aromatic carbocycles. The molecule has 0 aliphatic carbocycles. The van der Waals surface area contributed by atoms with Crippen molar-refractivity contribution in [1.82, 2.24) is 20.2 Å². The standard InChI is InChI=1S/C14H8F3N5OS2/c15-14(16,17)25-11-8(4-3-7-19-11)10(23)20-13-22-21-12(24-13)9-5-1-2-6-18-9/h1-7H,(H,20,22,23). The molecule has 3 aromatic rings. The maximum atomic E-state index is 12.6. The van der Waals surface area contributed by atoms with Crippen molar-refractivity contribution in [2.45, 2.75) is 10.5 Å². The Labute approximate surface area is 147 Å². The van der Waals surface area contributed by atoms with E-state index >= 15 is 0 Å². The third-order valence-electron chi connectivity index (χ3n) is 2.76. The molecule has 0 fully saturated rings. The summed E-state index contributed by atoms with van der Waals surface area (Å²) in [6.07, 6.45) is 2.78. The number of hydrogen-bond acceptors (Lipinski definition) is 7. The van der Waals surface area contributed by atoms with E-state index in [1.807, 2.05) is 0 Å². The normalized spacial score (nSPS) is 11.3. The van der Waals surface area contributed by atoms with Crippen molar-refractivity contribution in [1.29, 1.82) is 0 Å². The van der Waals surface area contributed by atoms with Gasteiger partial charge in [-0.25, -0.2) is 4.98 Å². The number of nitrogens with one attached hydrogen (secondary N) is 1. The molecule has 0 bridgehead atoms. The van der Waals surface area contributed by atoms with E-state index in [0.717, 1.165) is 11.3 Å². The highest BCUT2D eigenvalue weighted by atomic mass is 32.2. The van der Waals surface area contributed by atoms with Crippen molar-refractivity contribution >= 4 is 34.1 Å². The number of anilines is 1. The Balaban J connectivity index is 1.79. The second-order valence-electron chi connectivity index (χ2n) is 4.49. The maximum Gasteiger partial charge on any atom is 0.447 e. The van der Waals surface area contributed by atoms with Crippen LogP contribution in [0.2, 0.25) is 0 Å². The lowest BCUT2D eigenvalue weighted by Crippen LogP contribution is -2.14. The summed E-state index contributed by atoms with van der Waals surface area (Å²) >= 11 is 0.616. The molecule has 1 amide bonds. The highest BCUT2D eigenvalue weighted by Gasteiger charge is 2.32. The summed E-state index contributed by atoms with van der Waals surface area (Å²) in [5, 5.41) is 10.3. The van der Waals surface area contributed by atoms with E-state index in [4.69, 9.17) is 0 Å². The van der Waals surface area contributed by atoms with Crippen molar-refractivity contribution in [3.63, 3.8) is 0 Å². The van der Waals surface area contributed by atoms with Gasteiger partial charge in [0, 0.05) is 24.2 Å². The molecule has 11 heteroatoms. The van der Waals surface area contributed by atoms with E-state index in [2.05, 4.69) is 25.5 Å². The number of rotatable bonds is 4. The molecule has 128 valence electrons. The highest BCUT2D eigenvalue weighted by Crippen LogP contribution is 2.37. The van der Waals surface area contributed by atoms with Crippen LogP contribution in [0.15, 0.2) is 47.8 Å². The molecule has 1 N–H and O–H groups in total. The number of carbonyl (C=O) groups is 1. The average molecular weight is 383 g/mol. The third-order valence-corrected chi connectivity index (χ3v) is 4.37. The zero-order chi connectivity index (χ0) is 17.9. The molecule has 0 radical (unpaired) electrons. The van der Waals surface area contributed by atoms with Gasteiger partial charge in [0.15, 0.2) is 5.01 Å². The zero-order valence-electron chi connectivity index (χ0n) is 12.2. The molecule has 3 rings (SSSR count). The van der Waals surface area contributed by atoms with Crippen LogP contribution in [0.1, 0.15) is 10.4 Å². The Hall–Kier alpha value is -2.53. The number of hydrogen-bond donors (Lipinski definition) is 1.